The number of carbonyl (C=O) groups is 1. The number of carbonyl (C=O) groups excluding carboxylic acids is 1. The molecule has 1 aromatic carbocycles. The molecule has 0 spiro atoms. The first kappa shape index (κ1) is 15.7. The lowest BCUT2D eigenvalue weighted by atomic mass is 9.94. The largest absolute Gasteiger partial charge is 0.378 e. The Kier molecular flexibility index (Phi) is 4.45. The van der Waals surface area contributed by atoms with Gasteiger partial charge in [0.15, 0.2) is 0 Å². The number of amides is 1. The van der Waals surface area contributed by atoms with Crippen molar-refractivity contribution in [2.24, 2.45) is 5.41 Å². The van der Waals surface area contributed by atoms with Crippen molar-refractivity contribution in [3.63, 3.8) is 0 Å². The Hall–Kier alpha value is -1.71. The predicted molar refractivity (Wildman–Crippen MR) is 89.0 cm³/mol. The van der Waals surface area contributed by atoms with Crippen molar-refractivity contribution >= 4 is 17.3 Å². The van der Waals surface area contributed by atoms with Gasteiger partial charge in [0.05, 0.1) is 0 Å². The van der Waals surface area contributed by atoms with E-state index >= 15 is 0 Å². The number of rotatable bonds is 2. The lowest BCUT2D eigenvalue weighted by molar-refractivity contribution is -0.139. The maximum absolute atomic E-state index is 12.3. The highest BCUT2D eigenvalue weighted by Crippen LogP contribution is 2.23. The van der Waals surface area contributed by atoms with Crippen molar-refractivity contribution in [2.75, 3.05) is 50.1 Å². The van der Waals surface area contributed by atoms with Crippen LogP contribution in [0.4, 0.5) is 11.4 Å². The molecule has 1 amide bonds. The van der Waals surface area contributed by atoms with Crippen molar-refractivity contribution in [1.82, 2.24) is 4.90 Å². The average Bonchev–Trinajstić information content (AvgIpc) is 2.46. The minimum atomic E-state index is -0.282. The van der Waals surface area contributed by atoms with E-state index in [0.717, 1.165) is 26.2 Å². The van der Waals surface area contributed by atoms with E-state index in [1.807, 2.05) is 39.8 Å². The van der Waals surface area contributed by atoms with E-state index in [9.17, 15) is 4.79 Å². The van der Waals surface area contributed by atoms with Crippen LogP contribution in [0.5, 0.6) is 0 Å². The van der Waals surface area contributed by atoms with Gasteiger partial charge in [0.2, 0.25) is 5.91 Å². The molecule has 0 saturated carbocycles. The van der Waals surface area contributed by atoms with Crippen LogP contribution in [0.3, 0.4) is 0 Å². The van der Waals surface area contributed by atoms with Gasteiger partial charge in [-0.2, -0.15) is 0 Å². The Balaban J connectivity index is 1.96. The van der Waals surface area contributed by atoms with E-state index in [2.05, 4.69) is 34.1 Å². The fourth-order valence-electron chi connectivity index (χ4n) is 2.60. The van der Waals surface area contributed by atoms with Crippen LogP contribution in [0, 0.1) is 5.41 Å². The smallest absolute Gasteiger partial charge is 0.228 e. The van der Waals surface area contributed by atoms with Crippen LogP contribution in [0.25, 0.3) is 0 Å². The Morgan fingerprint density at radius 2 is 1.52 bits per heavy atom. The first-order valence-corrected chi connectivity index (χ1v) is 7.61. The summed E-state index contributed by atoms with van der Waals surface area (Å²) in [5, 5.41) is 0. The number of nitrogens with zero attached hydrogens (tertiary/aromatic N) is 3. The maximum Gasteiger partial charge on any atom is 0.228 e. The van der Waals surface area contributed by atoms with Gasteiger partial charge in [0, 0.05) is 57.1 Å². The molecule has 0 bridgehead atoms. The summed E-state index contributed by atoms with van der Waals surface area (Å²) in [7, 11) is 4.10. The second-order valence-corrected chi connectivity index (χ2v) is 6.94. The van der Waals surface area contributed by atoms with Crippen molar-refractivity contribution in [3.05, 3.63) is 24.3 Å². The molecule has 0 unspecified atom stereocenters. The third-order valence-corrected chi connectivity index (χ3v) is 3.94. The summed E-state index contributed by atoms with van der Waals surface area (Å²) in [6, 6.07) is 8.61. The summed E-state index contributed by atoms with van der Waals surface area (Å²) in [4.78, 5) is 18.7. The number of hydrogen-bond donors (Lipinski definition) is 0. The van der Waals surface area contributed by atoms with Gasteiger partial charge in [0.1, 0.15) is 0 Å². The molecule has 1 saturated heterocycles. The summed E-state index contributed by atoms with van der Waals surface area (Å²) in [5.74, 6) is 0.255. The molecule has 116 valence electrons. The van der Waals surface area contributed by atoms with Gasteiger partial charge >= 0.3 is 0 Å². The highest BCUT2D eigenvalue weighted by molar-refractivity contribution is 5.81. The Morgan fingerprint density at radius 1 is 1.00 bits per heavy atom. The third kappa shape index (κ3) is 3.69. The molecule has 0 aliphatic carbocycles. The third-order valence-electron chi connectivity index (χ3n) is 3.94. The fraction of sp³-hybridized carbons (Fsp3) is 0.588. The Morgan fingerprint density at radius 3 is 1.95 bits per heavy atom. The second kappa shape index (κ2) is 5.96. The highest BCUT2D eigenvalue weighted by atomic mass is 16.2. The summed E-state index contributed by atoms with van der Waals surface area (Å²) < 4.78 is 0. The first-order valence-electron chi connectivity index (χ1n) is 7.61. The molecule has 2 rings (SSSR count). The van der Waals surface area contributed by atoms with E-state index < -0.39 is 0 Å². The molecule has 4 nitrogen and oxygen atoms in total. The summed E-state index contributed by atoms with van der Waals surface area (Å²) in [5.41, 5.74) is 2.17. The molecule has 1 aliphatic heterocycles. The van der Waals surface area contributed by atoms with Crippen LogP contribution in [-0.4, -0.2) is 51.1 Å². The van der Waals surface area contributed by atoms with Crippen LogP contribution in [0.1, 0.15) is 20.8 Å². The predicted octanol–water partition coefficient (Wildman–Crippen LogP) is 2.45. The quantitative estimate of drug-likeness (QED) is 0.837. The lowest BCUT2D eigenvalue weighted by Crippen LogP contribution is -2.51. The monoisotopic (exact) mass is 289 g/mol. The molecular formula is C17H27N3O. The lowest BCUT2D eigenvalue weighted by Gasteiger charge is -2.38. The topological polar surface area (TPSA) is 26.8 Å². The summed E-state index contributed by atoms with van der Waals surface area (Å²) in [6.07, 6.45) is 0. The number of benzene rings is 1. The average molecular weight is 289 g/mol. The summed E-state index contributed by atoms with van der Waals surface area (Å²) in [6.45, 7) is 9.40. The molecule has 0 N–H and O–H groups in total. The van der Waals surface area contributed by atoms with Gasteiger partial charge < -0.3 is 14.7 Å². The maximum atomic E-state index is 12.3. The van der Waals surface area contributed by atoms with E-state index in [-0.39, 0.29) is 11.3 Å². The van der Waals surface area contributed by atoms with E-state index in [1.165, 1.54) is 11.4 Å². The molecule has 0 radical (unpaired) electrons. The van der Waals surface area contributed by atoms with Crippen LogP contribution >= 0.6 is 0 Å². The minimum absolute atomic E-state index is 0.255. The highest BCUT2D eigenvalue weighted by Gasteiger charge is 2.29. The van der Waals surface area contributed by atoms with Gasteiger partial charge in [-0.3, -0.25) is 4.79 Å². The zero-order valence-corrected chi connectivity index (χ0v) is 13.9. The number of anilines is 2. The molecule has 1 heterocycles. The van der Waals surface area contributed by atoms with Crippen LogP contribution in [0.2, 0.25) is 0 Å². The SMILES string of the molecule is CN(C)c1ccc(N2CCN(C(=O)C(C)(C)C)CC2)cc1. The van der Waals surface area contributed by atoms with E-state index in [4.69, 9.17) is 0 Å². The number of hydrogen-bond acceptors (Lipinski definition) is 3. The molecule has 1 aliphatic rings. The Bertz CT molecular complexity index is 480. The second-order valence-electron chi connectivity index (χ2n) is 6.94. The zero-order chi connectivity index (χ0) is 15.6. The first-order chi connectivity index (χ1) is 9.79. The van der Waals surface area contributed by atoms with Gasteiger partial charge in [-0.25, -0.2) is 0 Å². The van der Waals surface area contributed by atoms with Crippen LogP contribution in [-0.2, 0) is 4.79 Å². The van der Waals surface area contributed by atoms with Gasteiger partial charge in [-0.05, 0) is 24.3 Å². The molecule has 21 heavy (non-hydrogen) atoms. The number of piperazine rings is 1. The van der Waals surface area contributed by atoms with Crippen LogP contribution in [0.15, 0.2) is 24.3 Å². The zero-order valence-electron chi connectivity index (χ0n) is 13.9. The minimum Gasteiger partial charge on any atom is -0.378 e. The fourth-order valence-corrected chi connectivity index (χ4v) is 2.60. The van der Waals surface area contributed by atoms with Gasteiger partial charge in [0.25, 0.3) is 0 Å². The molecule has 0 aromatic heterocycles. The van der Waals surface area contributed by atoms with Crippen molar-refractivity contribution in [1.29, 1.82) is 0 Å². The van der Waals surface area contributed by atoms with Crippen molar-refractivity contribution in [2.45, 2.75) is 20.8 Å². The molecule has 4 heteroatoms. The van der Waals surface area contributed by atoms with E-state index in [0.29, 0.717) is 0 Å². The van der Waals surface area contributed by atoms with Crippen molar-refractivity contribution in [3.8, 4) is 0 Å². The molecule has 1 aromatic rings. The Labute approximate surface area is 128 Å². The van der Waals surface area contributed by atoms with E-state index in [1.54, 1.807) is 0 Å². The normalized spacial score (nSPS) is 16.0. The van der Waals surface area contributed by atoms with Crippen molar-refractivity contribution < 1.29 is 4.79 Å². The van der Waals surface area contributed by atoms with Gasteiger partial charge in [-0.1, -0.05) is 20.8 Å². The molecular weight excluding hydrogens is 262 g/mol. The van der Waals surface area contributed by atoms with Crippen LogP contribution < -0.4 is 9.80 Å². The molecule has 1 fully saturated rings. The van der Waals surface area contributed by atoms with Gasteiger partial charge in [-0.15, -0.1) is 0 Å². The molecule has 0 atom stereocenters. The summed E-state index contributed by atoms with van der Waals surface area (Å²) >= 11 is 0. The standard InChI is InChI=1S/C17H27N3O/c1-17(2,3)16(21)20-12-10-19(11-13-20)15-8-6-14(7-9-15)18(4)5/h6-9H,10-13H2,1-5H3.